The van der Waals surface area contributed by atoms with E-state index < -0.39 is 0 Å². The molecule has 4 heteroatoms. The zero-order chi connectivity index (χ0) is 15.0. The third kappa shape index (κ3) is 2.57. The van der Waals surface area contributed by atoms with Gasteiger partial charge in [-0.25, -0.2) is 0 Å². The summed E-state index contributed by atoms with van der Waals surface area (Å²) in [6.07, 6.45) is 2.09. The maximum absolute atomic E-state index is 11.3. The summed E-state index contributed by atoms with van der Waals surface area (Å²) in [7, 11) is 0. The highest BCUT2D eigenvalue weighted by Crippen LogP contribution is 2.35. The Kier molecular flexibility index (Phi) is 3.29. The van der Waals surface area contributed by atoms with Crippen LogP contribution in [0, 0.1) is 6.92 Å². The first-order valence-electron chi connectivity index (χ1n) is 7.10. The summed E-state index contributed by atoms with van der Waals surface area (Å²) in [6.45, 7) is 1.90. The number of nitrogens with two attached hydrogens (primary N) is 2. The van der Waals surface area contributed by atoms with Crippen molar-refractivity contribution >= 4 is 17.3 Å². The van der Waals surface area contributed by atoms with Crippen molar-refractivity contribution in [2.75, 3.05) is 11.1 Å². The van der Waals surface area contributed by atoms with E-state index in [2.05, 4.69) is 17.4 Å². The van der Waals surface area contributed by atoms with Gasteiger partial charge in [-0.2, -0.15) is 0 Å². The summed E-state index contributed by atoms with van der Waals surface area (Å²) in [6, 6.07) is 12.0. The fraction of sp³-hybridized carbons (Fsp3) is 0.235. The van der Waals surface area contributed by atoms with Gasteiger partial charge in [0.05, 0.1) is 6.04 Å². The minimum atomic E-state index is -0.388. The number of benzene rings is 2. The monoisotopic (exact) mass is 281 g/mol. The van der Waals surface area contributed by atoms with Crippen molar-refractivity contribution in [1.82, 2.24) is 0 Å². The Morgan fingerprint density at radius 1 is 1.24 bits per heavy atom. The van der Waals surface area contributed by atoms with Gasteiger partial charge >= 0.3 is 0 Å². The highest BCUT2D eigenvalue weighted by molar-refractivity contribution is 5.94. The van der Waals surface area contributed by atoms with Crippen LogP contribution in [0.1, 0.15) is 39.5 Å². The highest BCUT2D eigenvalue weighted by atomic mass is 16.1. The van der Waals surface area contributed by atoms with Gasteiger partial charge < -0.3 is 16.8 Å². The molecule has 0 saturated heterocycles. The fourth-order valence-electron chi connectivity index (χ4n) is 3.02. The molecule has 21 heavy (non-hydrogen) atoms. The van der Waals surface area contributed by atoms with Crippen LogP contribution in [0.2, 0.25) is 0 Å². The topological polar surface area (TPSA) is 81.1 Å². The minimum absolute atomic E-state index is 0.291. The molecule has 1 unspecified atom stereocenters. The molecule has 108 valence electrons. The van der Waals surface area contributed by atoms with E-state index in [0.717, 1.165) is 29.8 Å². The molecule has 5 N–H and O–H groups in total. The molecule has 1 aliphatic carbocycles. The second-order valence-corrected chi connectivity index (χ2v) is 5.59. The van der Waals surface area contributed by atoms with E-state index in [9.17, 15) is 4.79 Å². The average molecular weight is 281 g/mol. The van der Waals surface area contributed by atoms with E-state index in [0.29, 0.717) is 11.6 Å². The summed E-state index contributed by atoms with van der Waals surface area (Å²) in [5, 5.41) is 3.53. The SMILES string of the molecule is Cc1cc(NC2CCc3cc(N)ccc32)ccc1C(N)=O. The number of nitrogens with one attached hydrogen (secondary N) is 1. The van der Waals surface area contributed by atoms with Gasteiger partial charge in [0, 0.05) is 16.9 Å². The predicted molar refractivity (Wildman–Crippen MR) is 85.2 cm³/mol. The number of nitrogen functional groups attached to an aromatic ring is 1. The normalized spacial score (nSPS) is 16.5. The first-order valence-corrected chi connectivity index (χ1v) is 7.10. The summed E-state index contributed by atoms with van der Waals surface area (Å²) < 4.78 is 0. The van der Waals surface area contributed by atoms with Gasteiger partial charge in [0.1, 0.15) is 0 Å². The molecule has 0 bridgehead atoms. The zero-order valence-electron chi connectivity index (χ0n) is 12.0. The van der Waals surface area contributed by atoms with Gasteiger partial charge in [0.25, 0.3) is 0 Å². The van der Waals surface area contributed by atoms with Crippen LogP contribution in [-0.4, -0.2) is 5.91 Å². The van der Waals surface area contributed by atoms with Crippen molar-refractivity contribution in [1.29, 1.82) is 0 Å². The number of hydrogen-bond acceptors (Lipinski definition) is 3. The predicted octanol–water partition coefficient (Wildman–Crippen LogP) is 2.78. The largest absolute Gasteiger partial charge is 0.399 e. The van der Waals surface area contributed by atoms with Gasteiger partial charge in [0.15, 0.2) is 0 Å². The number of fused-ring (bicyclic) bond motifs is 1. The molecule has 1 amide bonds. The van der Waals surface area contributed by atoms with Gasteiger partial charge in [-0.05, 0) is 66.8 Å². The van der Waals surface area contributed by atoms with E-state index in [4.69, 9.17) is 11.5 Å². The highest BCUT2D eigenvalue weighted by Gasteiger charge is 2.22. The maximum atomic E-state index is 11.3. The lowest BCUT2D eigenvalue weighted by molar-refractivity contribution is 0.1000. The number of aryl methyl sites for hydroxylation is 2. The fourth-order valence-corrected chi connectivity index (χ4v) is 3.02. The molecule has 0 radical (unpaired) electrons. The molecule has 0 fully saturated rings. The van der Waals surface area contributed by atoms with Crippen LogP contribution < -0.4 is 16.8 Å². The molecule has 0 aliphatic heterocycles. The Balaban J connectivity index is 1.83. The van der Waals surface area contributed by atoms with Crippen LogP contribution in [0.15, 0.2) is 36.4 Å². The number of amides is 1. The van der Waals surface area contributed by atoms with Crippen LogP contribution in [0.25, 0.3) is 0 Å². The summed E-state index contributed by atoms with van der Waals surface area (Å²) in [5.74, 6) is -0.388. The maximum Gasteiger partial charge on any atom is 0.248 e. The molecule has 3 rings (SSSR count). The summed E-state index contributed by atoms with van der Waals surface area (Å²) in [4.78, 5) is 11.3. The third-order valence-electron chi connectivity index (χ3n) is 4.08. The average Bonchev–Trinajstić information content (AvgIpc) is 2.80. The lowest BCUT2D eigenvalue weighted by Gasteiger charge is -2.17. The molecule has 0 spiro atoms. The molecule has 0 saturated carbocycles. The van der Waals surface area contributed by atoms with Crippen LogP contribution in [0.5, 0.6) is 0 Å². The number of carbonyl (C=O) groups excluding carboxylic acids is 1. The minimum Gasteiger partial charge on any atom is -0.399 e. The van der Waals surface area contributed by atoms with Gasteiger partial charge in [-0.3, -0.25) is 4.79 Å². The van der Waals surface area contributed by atoms with Crippen molar-refractivity contribution in [3.05, 3.63) is 58.7 Å². The quantitative estimate of drug-likeness (QED) is 0.757. The molecule has 1 aliphatic rings. The van der Waals surface area contributed by atoms with E-state index in [1.54, 1.807) is 6.07 Å². The summed E-state index contributed by atoms with van der Waals surface area (Å²) in [5.41, 5.74) is 17.1. The Morgan fingerprint density at radius 3 is 2.76 bits per heavy atom. The van der Waals surface area contributed by atoms with E-state index in [1.807, 2.05) is 25.1 Å². The van der Waals surface area contributed by atoms with Crippen LogP contribution in [-0.2, 0) is 6.42 Å². The van der Waals surface area contributed by atoms with Gasteiger partial charge in [0.2, 0.25) is 5.91 Å². The number of hydrogen-bond donors (Lipinski definition) is 3. The van der Waals surface area contributed by atoms with Gasteiger partial charge in [-0.15, -0.1) is 0 Å². The van der Waals surface area contributed by atoms with Gasteiger partial charge in [-0.1, -0.05) is 6.07 Å². The van der Waals surface area contributed by atoms with E-state index >= 15 is 0 Å². The standard InChI is InChI=1S/C17H19N3O/c1-10-8-13(4-6-14(10)17(19)21)20-16-7-2-11-9-12(18)3-5-15(11)16/h3-6,8-9,16,20H,2,7,18H2,1H3,(H2,19,21). The molecular weight excluding hydrogens is 262 g/mol. The van der Waals surface area contributed by atoms with Crippen molar-refractivity contribution in [2.45, 2.75) is 25.8 Å². The molecule has 2 aromatic rings. The number of primary amides is 1. The van der Waals surface area contributed by atoms with Crippen molar-refractivity contribution < 1.29 is 4.79 Å². The Labute approximate surface area is 124 Å². The summed E-state index contributed by atoms with van der Waals surface area (Å²) >= 11 is 0. The second-order valence-electron chi connectivity index (χ2n) is 5.59. The van der Waals surface area contributed by atoms with E-state index in [1.165, 1.54) is 11.1 Å². The molecule has 0 aromatic heterocycles. The molecular formula is C17H19N3O. The van der Waals surface area contributed by atoms with Crippen molar-refractivity contribution in [2.24, 2.45) is 5.73 Å². The Hall–Kier alpha value is -2.49. The first-order chi connectivity index (χ1) is 10.0. The van der Waals surface area contributed by atoms with Crippen molar-refractivity contribution in [3.8, 4) is 0 Å². The lowest BCUT2D eigenvalue weighted by atomic mass is 10.1. The lowest BCUT2D eigenvalue weighted by Crippen LogP contribution is -2.13. The molecule has 4 nitrogen and oxygen atoms in total. The second kappa shape index (κ2) is 5.13. The Morgan fingerprint density at radius 2 is 2.05 bits per heavy atom. The Bertz CT molecular complexity index is 709. The smallest absolute Gasteiger partial charge is 0.248 e. The molecule has 1 atom stereocenters. The van der Waals surface area contributed by atoms with Crippen LogP contribution >= 0.6 is 0 Å². The van der Waals surface area contributed by atoms with Crippen molar-refractivity contribution in [3.63, 3.8) is 0 Å². The van der Waals surface area contributed by atoms with Crippen LogP contribution in [0.4, 0.5) is 11.4 Å². The van der Waals surface area contributed by atoms with Crippen LogP contribution in [0.3, 0.4) is 0 Å². The third-order valence-corrected chi connectivity index (χ3v) is 4.08. The number of carbonyl (C=O) groups is 1. The molecule has 0 heterocycles. The number of rotatable bonds is 3. The zero-order valence-corrected chi connectivity index (χ0v) is 12.0. The first kappa shape index (κ1) is 13.5. The molecule has 2 aromatic carbocycles. The van der Waals surface area contributed by atoms with E-state index in [-0.39, 0.29) is 5.91 Å². The number of anilines is 2.